The molecule has 0 aromatic carbocycles. The normalized spacial score (nSPS) is 15.5. The predicted molar refractivity (Wildman–Crippen MR) is 108 cm³/mol. The van der Waals surface area contributed by atoms with E-state index in [1.165, 1.54) is 6.20 Å². The topological polar surface area (TPSA) is 101 Å². The zero-order valence-corrected chi connectivity index (χ0v) is 17.1. The summed E-state index contributed by atoms with van der Waals surface area (Å²) < 4.78 is 5.30. The maximum atomic E-state index is 11.9. The molecule has 1 N–H and O–H groups in total. The molecule has 1 aliphatic rings. The molecule has 0 bridgehead atoms. The van der Waals surface area contributed by atoms with E-state index in [-0.39, 0.29) is 11.7 Å². The summed E-state index contributed by atoms with van der Waals surface area (Å²) in [6.07, 6.45) is 5.87. The number of piperidine rings is 1. The van der Waals surface area contributed by atoms with Crippen molar-refractivity contribution in [3.05, 3.63) is 34.1 Å². The molecule has 9 heteroatoms. The molecule has 1 amide bonds. The van der Waals surface area contributed by atoms with Gasteiger partial charge in [-0.15, -0.1) is 0 Å². The third-order valence-electron chi connectivity index (χ3n) is 4.19. The number of rotatable bonds is 5. The molecule has 28 heavy (non-hydrogen) atoms. The van der Waals surface area contributed by atoms with E-state index >= 15 is 0 Å². The van der Waals surface area contributed by atoms with Gasteiger partial charge in [0.05, 0.1) is 10.5 Å². The van der Waals surface area contributed by atoms with Gasteiger partial charge in [0, 0.05) is 33.2 Å². The van der Waals surface area contributed by atoms with Crippen molar-refractivity contribution in [2.45, 2.75) is 45.3 Å². The fraction of sp³-hybridized carbons (Fsp3) is 0.579. The summed E-state index contributed by atoms with van der Waals surface area (Å²) in [5.74, 6) is 0.694. The number of hydrogen-bond acceptors (Lipinski definition) is 7. The van der Waals surface area contributed by atoms with E-state index in [0.717, 1.165) is 12.8 Å². The van der Waals surface area contributed by atoms with Crippen LogP contribution in [0.25, 0.3) is 6.08 Å². The highest BCUT2D eigenvalue weighted by atomic mass is 16.6. The first-order valence-electron chi connectivity index (χ1n) is 9.28. The highest BCUT2D eigenvalue weighted by Gasteiger charge is 2.25. The molecule has 0 unspecified atom stereocenters. The Labute approximate surface area is 165 Å². The zero-order valence-electron chi connectivity index (χ0n) is 17.1. The number of nitrogens with zero attached hydrogens (tertiary/aromatic N) is 4. The van der Waals surface area contributed by atoms with E-state index in [1.807, 2.05) is 39.8 Å². The molecular formula is C19H29N5O4. The molecule has 154 valence electrons. The van der Waals surface area contributed by atoms with E-state index in [4.69, 9.17) is 4.74 Å². The van der Waals surface area contributed by atoms with Crippen LogP contribution in [0.2, 0.25) is 0 Å². The molecule has 0 radical (unpaired) electrons. The molecule has 1 fully saturated rings. The van der Waals surface area contributed by atoms with Gasteiger partial charge in [0.25, 0.3) is 5.69 Å². The molecule has 1 aromatic rings. The summed E-state index contributed by atoms with van der Waals surface area (Å²) in [6.45, 7) is 6.89. The van der Waals surface area contributed by atoms with Crippen molar-refractivity contribution in [3.63, 3.8) is 0 Å². The SMILES string of the molecule is CN(C)/C=C/c1cc(N2CCC(NC(=O)OC(C)(C)C)CC2)ncc1[N+](=O)[O-]. The predicted octanol–water partition coefficient (Wildman–Crippen LogP) is 3.02. The van der Waals surface area contributed by atoms with Crippen molar-refractivity contribution in [2.75, 3.05) is 32.1 Å². The Morgan fingerprint density at radius 1 is 1.39 bits per heavy atom. The van der Waals surface area contributed by atoms with Crippen LogP contribution in [-0.4, -0.2) is 59.7 Å². The van der Waals surface area contributed by atoms with Crippen molar-refractivity contribution < 1.29 is 14.5 Å². The lowest BCUT2D eigenvalue weighted by molar-refractivity contribution is -0.385. The van der Waals surface area contributed by atoms with E-state index < -0.39 is 16.6 Å². The first-order valence-corrected chi connectivity index (χ1v) is 9.28. The summed E-state index contributed by atoms with van der Waals surface area (Å²) in [4.78, 5) is 30.9. The second-order valence-electron chi connectivity index (χ2n) is 8.05. The van der Waals surface area contributed by atoms with Crippen molar-refractivity contribution >= 4 is 23.7 Å². The van der Waals surface area contributed by atoms with Crippen molar-refractivity contribution in [3.8, 4) is 0 Å². The smallest absolute Gasteiger partial charge is 0.407 e. The van der Waals surface area contributed by atoms with Crippen molar-refractivity contribution in [2.24, 2.45) is 0 Å². The third-order valence-corrected chi connectivity index (χ3v) is 4.19. The van der Waals surface area contributed by atoms with Gasteiger partial charge in [0.15, 0.2) is 0 Å². The minimum Gasteiger partial charge on any atom is -0.444 e. The number of nitrogens with one attached hydrogen (secondary N) is 1. The van der Waals surface area contributed by atoms with Gasteiger partial charge in [-0.2, -0.15) is 0 Å². The second kappa shape index (κ2) is 8.90. The monoisotopic (exact) mass is 391 g/mol. The van der Waals surface area contributed by atoms with Crippen LogP contribution in [0.5, 0.6) is 0 Å². The molecule has 1 aromatic heterocycles. The largest absolute Gasteiger partial charge is 0.444 e. The highest BCUT2D eigenvalue weighted by molar-refractivity contribution is 5.68. The average molecular weight is 391 g/mol. The van der Waals surface area contributed by atoms with Gasteiger partial charge in [-0.25, -0.2) is 9.78 Å². The summed E-state index contributed by atoms with van der Waals surface area (Å²) in [5, 5.41) is 14.2. The molecule has 2 rings (SSSR count). The zero-order chi connectivity index (χ0) is 20.9. The van der Waals surface area contributed by atoms with Crippen LogP contribution in [0.1, 0.15) is 39.2 Å². The lowest BCUT2D eigenvalue weighted by atomic mass is 10.0. The number of hydrogen-bond donors (Lipinski definition) is 1. The standard InChI is InChI=1S/C19H29N5O4/c1-19(2,3)28-18(25)21-15-7-10-23(11-8-15)17-12-14(6-9-22(4)5)16(13-20-17)24(26)27/h6,9,12-13,15H,7-8,10-11H2,1-5H3,(H,21,25)/b9-6+. The summed E-state index contributed by atoms with van der Waals surface area (Å²) >= 11 is 0. The molecule has 2 heterocycles. The Kier molecular flexibility index (Phi) is 6.82. The van der Waals surface area contributed by atoms with E-state index in [0.29, 0.717) is 24.5 Å². The van der Waals surface area contributed by atoms with Gasteiger partial charge < -0.3 is 19.9 Å². The van der Waals surface area contributed by atoms with Gasteiger partial charge in [0.2, 0.25) is 0 Å². The molecule has 0 spiro atoms. The number of amides is 1. The molecular weight excluding hydrogens is 362 g/mol. The number of carbonyl (C=O) groups is 1. The van der Waals surface area contributed by atoms with Crippen LogP contribution in [-0.2, 0) is 4.74 Å². The van der Waals surface area contributed by atoms with Gasteiger partial charge in [-0.1, -0.05) is 0 Å². The Morgan fingerprint density at radius 2 is 2.04 bits per heavy atom. The summed E-state index contributed by atoms with van der Waals surface area (Å²) in [7, 11) is 3.71. The van der Waals surface area contributed by atoms with Crippen LogP contribution in [0.4, 0.5) is 16.3 Å². The number of anilines is 1. The van der Waals surface area contributed by atoms with E-state index in [1.54, 1.807) is 18.3 Å². The Bertz CT molecular complexity index is 734. The van der Waals surface area contributed by atoms with Crippen LogP contribution in [0, 0.1) is 10.1 Å². The van der Waals surface area contributed by atoms with Gasteiger partial charge in [-0.3, -0.25) is 10.1 Å². The Morgan fingerprint density at radius 3 is 2.57 bits per heavy atom. The quantitative estimate of drug-likeness (QED) is 0.608. The number of nitro groups is 1. The molecule has 1 saturated heterocycles. The Hall–Kier alpha value is -2.84. The first-order chi connectivity index (χ1) is 13.0. The van der Waals surface area contributed by atoms with Crippen LogP contribution in [0.15, 0.2) is 18.5 Å². The van der Waals surface area contributed by atoms with Crippen molar-refractivity contribution in [1.29, 1.82) is 0 Å². The van der Waals surface area contributed by atoms with Gasteiger partial charge in [-0.05, 0) is 52.0 Å². The maximum Gasteiger partial charge on any atom is 0.407 e. The fourth-order valence-corrected chi connectivity index (χ4v) is 2.87. The molecule has 0 saturated carbocycles. The van der Waals surface area contributed by atoms with Gasteiger partial charge in [0.1, 0.15) is 17.6 Å². The highest BCUT2D eigenvalue weighted by Crippen LogP contribution is 2.26. The number of alkyl carbamates (subject to hydrolysis) is 1. The summed E-state index contributed by atoms with van der Waals surface area (Å²) in [6, 6.07) is 1.77. The van der Waals surface area contributed by atoms with Crippen LogP contribution in [0.3, 0.4) is 0 Å². The number of ether oxygens (including phenoxy) is 1. The summed E-state index contributed by atoms with van der Waals surface area (Å²) in [5.41, 5.74) is -0.0368. The second-order valence-corrected chi connectivity index (χ2v) is 8.05. The van der Waals surface area contributed by atoms with Crippen LogP contribution >= 0.6 is 0 Å². The van der Waals surface area contributed by atoms with E-state index in [2.05, 4.69) is 15.2 Å². The number of carbonyl (C=O) groups excluding carboxylic acids is 1. The first kappa shape index (κ1) is 21.5. The molecule has 9 nitrogen and oxygen atoms in total. The third kappa shape index (κ3) is 6.40. The lowest BCUT2D eigenvalue weighted by Gasteiger charge is -2.33. The fourth-order valence-electron chi connectivity index (χ4n) is 2.87. The maximum absolute atomic E-state index is 11.9. The lowest BCUT2D eigenvalue weighted by Crippen LogP contribution is -2.46. The molecule has 1 aliphatic heterocycles. The molecule has 0 atom stereocenters. The molecule has 0 aliphatic carbocycles. The van der Waals surface area contributed by atoms with Crippen LogP contribution < -0.4 is 10.2 Å². The number of aromatic nitrogens is 1. The minimum atomic E-state index is -0.524. The van der Waals surface area contributed by atoms with Crippen molar-refractivity contribution in [1.82, 2.24) is 15.2 Å². The number of pyridine rings is 1. The average Bonchev–Trinajstić information content (AvgIpc) is 2.58. The van der Waals surface area contributed by atoms with E-state index in [9.17, 15) is 14.9 Å². The van der Waals surface area contributed by atoms with Gasteiger partial charge >= 0.3 is 6.09 Å². The minimum absolute atomic E-state index is 0.0247. The Balaban J connectivity index is 2.03.